The Morgan fingerprint density at radius 3 is 2.16 bits per heavy atom. The zero-order valence-electron chi connectivity index (χ0n) is 12.7. The fraction of sp³-hybridized carbons (Fsp3) is 0.938. The Kier molecular flexibility index (Phi) is 14.1. The molecule has 0 fully saturated rings. The third-order valence-corrected chi connectivity index (χ3v) is 4.65. The molecule has 0 amide bonds. The summed E-state index contributed by atoms with van der Waals surface area (Å²) in [6, 6.07) is 2.22. The normalized spacial score (nSPS) is 14.0. The van der Waals surface area contributed by atoms with Crippen LogP contribution in [0.25, 0.3) is 0 Å². The van der Waals surface area contributed by atoms with Crippen molar-refractivity contribution in [3.63, 3.8) is 0 Å². The molecule has 0 aromatic carbocycles. The van der Waals surface area contributed by atoms with E-state index in [-0.39, 0.29) is 12.0 Å². The first-order chi connectivity index (χ1) is 9.20. The number of hydrogen-bond donors (Lipinski definition) is 1. The largest absolute Gasteiger partial charge is 0.392 e. The highest BCUT2D eigenvalue weighted by atomic mass is 32.2. The Labute approximate surface area is 124 Å². The first-order valence-corrected chi connectivity index (χ1v) is 9.01. The molecule has 0 bridgehead atoms. The second kappa shape index (κ2) is 14.2. The van der Waals surface area contributed by atoms with Crippen LogP contribution in [0.4, 0.5) is 0 Å². The molecular formula is C16H31NOS. The van der Waals surface area contributed by atoms with Crippen LogP contribution in [0.15, 0.2) is 0 Å². The Bertz CT molecular complexity index is 227. The predicted molar refractivity (Wildman–Crippen MR) is 85.3 cm³/mol. The standard InChI is InChI=1S/C16H31NOS/c1-3-4-5-6-7-8-9-10-11-16(18)14-19-13-15(2)12-17/h15-16,18H,3-11,13-14H2,1-2H3. The second-order valence-corrected chi connectivity index (χ2v) is 6.56. The summed E-state index contributed by atoms with van der Waals surface area (Å²) in [5.74, 6) is 1.72. The van der Waals surface area contributed by atoms with Gasteiger partial charge < -0.3 is 5.11 Å². The summed E-state index contributed by atoms with van der Waals surface area (Å²) in [5, 5.41) is 18.5. The van der Waals surface area contributed by atoms with Crippen LogP contribution in [0, 0.1) is 17.2 Å². The van der Waals surface area contributed by atoms with E-state index in [1.54, 1.807) is 11.8 Å². The third kappa shape index (κ3) is 14.0. The maximum absolute atomic E-state index is 9.80. The smallest absolute Gasteiger partial charge is 0.0661 e. The van der Waals surface area contributed by atoms with E-state index in [9.17, 15) is 5.11 Å². The lowest BCUT2D eigenvalue weighted by atomic mass is 10.1. The number of thioether (sulfide) groups is 1. The van der Waals surface area contributed by atoms with Gasteiger partial charge in [-0.25, -0.2) is 0 Å². The lowest BCUT2D eigenvalue weighted by molar-refractivity contribution is 0.185. The van der Waals surface area contributed by atoms with Crippen molar-refractivity contribution in [1.82, 2.24) is 0 Å². The van der Waals surface area contributed by atoms with Crippen LogP contribution in [0.2, 0.25) is 0 Å². The monoisotopic (exact) mass is 285 g/mol. The SMILES string of the molecule is CCCCCCCCCCC(O)CSCC(C)C#N. The van der Waals surface area contributed by atoms with Crippen molar-refractivity contribution in [2.75, 3.05) is 11.5 Å². The lowest BCUT2D eigenvalue weighted by Crippen LogP contribution is -2.11. The molecule has 0 heterocycles. The first-order valence-electron chi connectivity index (χ1n) is 7.86. The minimum atomic E-state index is -0.184. The maximum atomic E-state index is 9.80. The van der Waals surface area contributed by atoms with Gasteiger partial charge in [0.2, 0.25) is 0 Å². The highest BCUT2D eigenvalue weighted by Crippen LogP contribution is 2.14. The molecule has 0 aliphatic rings. The Morgan fingerprint density at radius 2 is 1.58 bits per heavy atom. The van der Waals surface area contributed by atoms with E-state index in [1.807, 2.05) is 6.92 Å². The molecule has 0 aliphatic heterocycles. The average Bonchev–Trinajstić information content (AvgIpc) is 2.41. The molecule has 1 N–H and O–H groups in total. The van der Waals surface area contributed by atoms with Gasteiger partial charge in [-0.05, 0) is 13.3 Å². The summed E-state index contributed by atoms with van der Waals surface area (Å²) in [7, 11) is 0. The predicted octanol–water partition coefficient (Wildman–Crippen LogP) is 4.77. The van der Waals surface area contributed by atoms with Gasteiger partial charge in [-0.1, -0.05) is 58.3 Å². The highest BCUT2D eigenvalue weighted by Gasteiger charge is 2.06. The first kappa shape index (κ1) is 18.8. The summed E-state index contributed by atoms with van der Waals surface area (Å²) in [6.45, 7) is 4.18. The van der Waals surface area contributed by atoms with E-state index >= 15 is 0 Å². The summed E-state index contributed by atoms with van der Waals surface area (Å²) < 4.78 is 0. The van der Waals surface area contributed by atoms with Crippen molar-refractivity contribution in [3.05, 3.63) is 0 Å². The van der Waals surface area contributed by atoms with Gasteiger partial charge in [-0.3, -0.25) is 0 Å². The molecular weight excluding hydrogens is 254 g/mol. The van der Waals surface area contributed by atoms with Gasteiger partial charge >= 0.3 is 0 Å². The lowest BCUT2D eigenvalue weighted by Gasteiger charge is -2.10. The van der Waals surface area contributed by atoms with Gasteiger partial charge in [-0.2, -0.15) is 17.0 Å². The molecule has 2 atom stereocenters. The topological polar surface area (TPSA) is 44.0 Å². The molecule has 0 saturated heterocycles. The molecule has 0 saturated carbocycles. The number of unbranched alkanes of at least 4 members (excludes halogenated alkanes) is 7. The third-order valence-electron chi connectivity index (χ3n) is 3.29. The van der Waals surface area contributed by atoms with E-state index in [2.05, 4.69) is 13.0 Å². The van der Waals surface area contributed by atoms with Gasteiger partial charge in [0.1, 0.15) is 0 Å². The van der Waals surface area contributed by atoms with Gasteiger partial charge in [0.15, 0.2) is 0 Å². The minimum Gasteiger partial charge on any atom is -0.392 e. The van der Waals surface area contributed by atoms with Gasteiger partial charge in [0.25, 0.3) is 0 Å². The number of rotatable bonds is 13. The fourth-order valence-corrected chi connectivity index (χ4v) is 3.02. The molecule has 0 rings (SSSR count). The van der Waals surface area contributed by atoms with Crippen molar-refractivity contribution in [3.8, 4) is 6.07 Å². The van der Waals surface area contributed by atoms with Crippen LogP contribution in [-0.4, -0.2) is 22.7 Å². The van der Waals surface area contributed by atoms with E-state index in [0.717, 1.165) is 24.3 Å². The summed E-state index contributed by atoms with van der Waals surface area (Å²) in [5.41, 5.74) is 0. The maximum Gasteiger partial charge on any atom is 0.0661 e. The van der Waals surface area contributed by atoms with Crippen molar-refractivity contribution < 1.29 is 5.11 Å². The quantitative estimate of drug-likeness (QED) is 0.496. The van der Waals surface area contributed by atoms with E-state index in [4.69, 9.17) is 5.26 Å². The van der Waals surface area contributed by atoms with Gasteiger partial charge in [0, 0.05) is 11.5 Å². The Hall–Kier alpha value is -0.200. The highest BCUT2D eigenvalue weighted by molar-refractivity contribution is 7.99. The summed E-state index contributed by atoms with van der Waals surface area (Å²) in [4.78, 5) is 0. The number of hydrogen-bond acceptors (Lipinski definition) is 3. The minimum absolute atomic E-state index is 0.0975. The van der Waals surface area contributed by atoms with Crippen LogP contribution in [0.5, 0.6) is 0 Å². The zero-order chi connectivity index (χ0) is 14.3. The zero-order valence-corrected chi connectivity index (χ0v) is 13.6. The molecule has 0 radical (unpaired) electrons. The Balaban J connectivity index is 3.20. The van der Waals surface area contributed by atoms with Crippen molar-refractivity contribution in [2.45, 2.75) is 77.7 Å². The molecule has 0 aromatic rings. The fourth-order valence-electron chi connectivity index (χ4n) is 2.02. The van der Waals surface area contributed by atoms with Crippen LogP contribution in [0.1, 0.15) is 71.6 Å². The summed E-state index contributed by atoms with van der Waals surface area (Å²) in [6.07, 6.45) is 11.2. The van der Waals surface area contributed by atoms with Crippen LogP contribution >= 0.6 is 11.8 Å². The molecule has 19 heavy (non-hydrogen) atoms. The molecule has 0 aliphatic carbocycles. The molecule has 0 spiro atoms. The van der Waals surface area contributed by atoms with Crippen molar-refractivity contribution >= 4 is 11.8 Å². The van der Waals surface area contributed by atoms with Crippen molar-refractivity contribution in [1.29, 1.82) is 5.26 Å². The summed E-state index contributed by atoms with van der Waals surface area (Å²) >= 11 is 1.70. The van der Waals surface area contributed by atoms with Gasteiger partial charge in [-0.15, -0.1) is 0 Å². The number of nitrogens with zero attached hydrogens (tertiary/aromatic N) is 1. The second-order valence-electron chi connectivity index (χ2n) is 5.48. The van der Waals surface area contributed by atoms with Crippen LogP contribution < -0.4 is 0 Å². The number of aliphatic hydroxyl groups excluding tert-OH is 1. The molecule has 3 heteroatoms. The number of nitriles is 1. The molecule has 2 unspecified atom stereocenters. The number of aliphatic hydroxyl groups is 1. The van der Waals surface area contributed by atoms with E-state index in [0.29, 0.717) is 0 Å². The Morgan fingerprint density at radius 1 is 1.00 bits per heavy atom. The van der Waals surface area contributed by atoms with E-state index in [1.165, 1.54) is 44.9 Å². The van der Waals surface area contributed by atoms with E-state index < -0.39 is 0 Å². The molecule has 0 aromatic heterocycles. The van der Waals surface area contributed by atoms with Crippen LogP contribution in [-0.2, 0) is 0 Å². The molecule has 2 nitrogen and oxygen atoms in total. The van der Waals surface area contributed by atoms with Gasteiger partial charge in [0.05, 0.1) is 18.1 Å². The molecule has 112 valence electrons. The van der Waals surface area contributed by atoms with Crippen LogP contribution in [0.3, 0.4) is 0 Å². The average molecular weight is 285 g/mol. The van der Waals surface area contributed by atoms with Crippen molar-refractivity contribution in [2.24, 2.45) is 5.92 Å².